The molecule has 1 fully saturated rings. The van der Waals surface area contributed by atoms with Crippen LogP contribution in [0.3, 0.4) is 0 Å². The van der Waals surface area contributed by atoms with Gasteiger partial charge in [0, 0.05) is 36.5 Å². The van der Waals surface area contributed by atoms with Crippen molar-refractivity contribution in [2.24, 2.45) is 0 Å². The summed E-state index contributed by atoms with van der Waals surface area (Å²) >= 11 is 6.00. The maximum absolute atomic E-state index is 6.00. The maximum Gasteiger partial charge on any atom is 0.138 e. The van der Waals surface area contributed by atoms with Crippen LogP contribution in [0, 0.1) is 0 Å². The first-order valence-corrected chi connectivity index (χ1v) is 7.99. The molecule has 1 aliphatic rings. The van der Waals surface area contributed by atoms with Gasteiger partial charge >= 0.3 is 0 Å². The standard InChI is InChI=1S/C16H21ClN4/c1-2-21-16(19-11-20-21)9-13(10-18-15-7-8-15)12-3-5-14(17)6-4-12/h3-6,11,13,15,18H,2,7-10H2,1H3. The highest BCUT2D eigenvalue weighted by atomic mass is 35.5. The third-order valence-electron chi connectivity index (χ3n) is 4.00. The molecular weight excluding hydrogens is 284 g/mol. The van der Waals surface area contributed by atoms with Crippen LogP contribution >= 0.6 is 11.6 Å². The third kappa shape index (κ3) is 3.83. The first kappa shape index (κ1) is 14.5. The molecule has 1 saturated carbocycles. The number of benzene rings is 1. The summed E-state index contributed by atoms with van der Waals surface area (Å²) < 4.78 is 1.97. The Labute approximate surface area is 130 Å². The van der Waals surface area contributed by atoms with Gasteiger partial charge in [0.25, 0.3) is 0 Å². The summed E-state index contributed by atoms with van der Waals surface area (Å²) in [5.74, 6) is 1.45. The first-order chi connectivity index (χ1) is 10.3. The zero-order chi connectivity index (χ0) is 14.7. The number of hydrogen-bond acceptors (Lipinski definition) is 3. The van der Waals surface area contributed by atoms with Crippen molar-refractivity contribution < 1.29 is 0 Å². The molecule has 0 amide bonds. The number of rotatable bonds is 7. The van der Waals surface area contributed by atoms with Gasteiger partial charge in [0.2, 0.25) is 0 Å². The molecule has 1 aromatic carbocycles. The lowest BCUT2D eigenvalue weighted by Crippen LogP contribution is -2.25. The number of hydrogen-bond donors (Lipinski definition) is 1. The molecule has 4 nitrogen and oxygen atoms in total. The molecule has 0 aliphatic heterocycles. The van der Waals surface area contributed by atoms with E-state index in [9.17, 15) is 0 Å². The highest BCUT2D eigenvalue weighted by molar-refractivity contribution is 6.30. The Balaban J connectivity index is 1.75. The van der Waals surface area contributed by atoms with E-state index in [4.69, 9.17) is 11.6 Å². The monoisotopic (exact) mass is 304 g/mol. The smallest absolute Gasteiger partial charge is 0.138 e. The van der Waals surface area contributed by atoms with Crippen LogP contribution in [0.4, 0.5) is 0 Å². The van der Waals surface area contributed by atoms with Gasteiger partial charge in [-0.1, -0.05) is 23.7 Å². The second-order valence-corrected chi connectivity index (χ2v) is 6.06. The van der Waals surface area contributed by atoms with E-state index >= 15 is 0 Å². The van der Waals surface area contributed by atoms with Gasteiger partial charge in [-0.25, -0.2) is 4.98 Å². The van der Waals surface area contributed by atoms with Gasteiger partial charge in [-0.15, -0.1) is 0 Å². The average molecular weight is 305 g/mol. The topological polar surface area (TPSA) is 42.7 Å². The molecule has 0 spiro atoms. The minimum atomic E-state index is 0.400. The van der Waals surface area contributed by atoms with E-state index in [1.807, 2.05) is 16.8 Å². The lowest BCUT2D eigenvalue weighted by molar-refractivity contribution is 0.535. The first-order valence-electron chi connectivity index (χ1n) is 7.61. The van der Waals surface area contributed by atoms with Crippen molar-refractivity contribution >= 4 is 11.6 Å². The van der Waals surface area contributed by atoms with E-state index in [2.05, 4.69) is 34.5 Å². The van der Waals surface area contributed by atoms with Crippen LogP contribution in [0.2, 0.25) is 5.02 Å². The molecule has 0 bridgehead atoms. The predicted molar refractivity (Wildman–Crippen MR) is 84.6 cm³/mol. The van der Waals surface area contributed by atoms with Crippen molar-refractivity contribution in [3.8, 4) is 0 Å². The second kappa shape index (κ2) is 6.58. The van der Waals surface area contributed by atoms with Crippen LogP contribution in [-0.4, -0.2) is 27.4 Å². The van der Waals surface area contributed by atoms with Crippen LogP contribution in [0.5, 0.6) is 0 Å². The molecule has 1 aliphatic carbocycles. The molecular formula is C16H21ClN4. The highest BCUT2D eigenvalue weighted by Gasteiger charge is 2.23. The Hall–Kier alpha value is -1.39. The quantitative estimate of drug-likeness (QED) is 0.855. The van der Waals surface area contributed by atoms with E-state index in [0.717, 1.165) is 30.4 Å². The lowest BCUT2D eigenvalue weighted by atomic mass is 9.95. The summed E-state index contributed by atoms with van der Waals surface area (Å²) in [5, 5.41) is 8.68. The van der Waals surface area contributed by atoms with E-state index in [0.29, 0.717) is 12.0 Å². The fourth-order valence-corrected chi connectivity index (χ4v) is 2.70. The fourth-order valence-electron chi connectivity index (χ4n) is 2.57. The van der Waals surface area contributed by atoms with Crippen molar-refractivity contribution in [2.75, 3.05) is 6.54 Å². The Morgan fingerprint density at radius 3 is 2.76 bits per heavy atom. The molecule has 0 saturated heterocycles. The molecule has 0 radical (unpaired) electrons. The number of halogens is 1. The van der Waals surface area contributed by atoms with Crippen LogP contribution in [0.1, 0.15) is 37.1 Å². The van der Waals surface area contributed by atoms with Crippen molar-refractivity contribution in [2.45, 2.75) is 44.7 Å². The predicted octanol–water partition coefficient (Wildman–Crippen LogP) is 3.03. The average Bonchev–Trinajstić information content (AvgIpc) is 3.22. The summed E-state index contributed by atoms with van der Waals surface area (Å²) in [4.78, 5) is 4.41. The van der Waals surface area contributed by atoms with Crippen molar-refractivity contribution in [3.05, 3.63) is 47.0 Å². The molecule has 1 atom stereocenters. The number of aromatic nitrogens is 3. The second-order valence-electron chi connectivity index (χ2n) is 5.63. The van der Waals surface area contributed by atoms with Gasteiger partial charge < -0.3 is 5.32 Å². The Morgan fingerprint density at radius 2 is 2.10 bits per heavy atom. The van der Waals surface area contributed by atoms with E-state index < -0.39 is 0 Å². The molecule has 1 heterocycles. The zero-order valence-electron chi connectivity index (χ0n) is 12.3. The van der Waals surface area contributed by atoms with Gasteiger partial charge in [-0.3, -0.25) is 4.68 Å². The van der Waals surface area contributed by atoms with Crippen molar-refractivity contribution in [1.29, 1.82) is 0 Å². The summed E-state index contributed by atoms with van der Waals surface area (Å²) in [7, 11) is 0. The Kier molecular flexibility index (Phi) is 4.56. The fraction of sp³-hybridized carbons (Fsp3) is 0.500. The summed E-state index contributed by atoms with van der Waals surface area (Å²) in [6.07, 6.45) is 5.15. The van der Waals surface area contributed by atoms with Gasteiger partial charge in [0.15, 0.2) is 0 Å². The molecule has 2 aromatic rings. The lowest BCUT2D eigenvalue weighted by Gasteiger charge is -2.18. The van der Waals surface area contributed by atoms with Gasteiger partial charge in [0.1, 0.15) is 12.2 Å². The molecule has 1 aromatic heterocycles. The van der Waals surface area contributed by atoms with E-state index in [1.54, 1.807) is 6.33 Å². The number of nitrogens with zero attached hydrogens (tertiary/aromatic N) is 3. The molecule has 112 valence electrons. The largest absolute Gasteiger partial charge is 0.313 e. The van der Waals surface area contributed by atoms with Crippen LogP contribution in [0.15, 0.2) is 30.6 Å². The zero-order valence-corrected chi connectivity index (χ0v) is 13.1. The summed E-state index contributed by atoms with van der Waals surface area (Å²) in [5.41, 5.74) is 1.30. The minimum absolute atomic E-state index is 0.400. The number of aryl methyl sites for hydroxylation is 1. The molecule has 21 heavy (non-hydrogen) atoms. The minimum Gasteiger partial charge on any atom is -0.313 e. The van der Waals surface area contributed by atoms with Crippen molar-refractivity contribution in [3.63, 3.8) is 0 Å². The van der Waals surface area contributed by atoms with Crippen LogP contribution in [-0.2, 0) is 13.0 Å². The van der Waals surface area contributed by atoms with Crippen molar-refractivity contribution in [1.82, 2.24) is 20.1 Å². The van der Waals surface area contributed by atoms with E-state index in [-0.39, 0.29) is 0 Å². The molecule has 5 heteroatoms. The van der Waals surface area contributed by atoms with Gasteiger partial charge in [0.05, 0.1) is 0 Å². The van der Waals surface area contributed by atoms with Crippen LogP contribution in [0.25, 0.3) is 0 Å². The maximum atomic E-state index is 6.00. The van der Waals surface area contributed by atoms with E-state index in [1.165, 1.54) is 18.4 Å². The Bertz CT molecular complexity index is 574. The summed E-state index contributed by atoms with van der Waals surface area (Å²) in [6, 6.07) is 8.88. The number of nitrogens with one attached hydrogen (secondary N) is 1. The third-order valence-corrected chi connectivity index (χ3v) is 4.25. The van der Waals surface area contributed by atoms with Gasteiger partial charge in [-0.05, 0) is 37.5 Å². The normalized spacial score (nSPS) is 16.1. The van der Waals surface area contributed by atoms with Crippen LogP contribution < -0.4 is 5.32 Å². The summed E-state index contributed by atoms with van der Waals surface area (Å²) in [6.45, 7) is 3.93. The Morgan fingerprint density at radius 1 is 1.33 bits per heavy atom. The molecule has 1 unspecified atom stereocenters. The molecule has 1 N–H and O–H groups in total. The SMILES string of the molecule is CCn1ncnc1CC(CNC1CC1)c1ccc(Cl)cc1. The molecule has 3 rings (SSSR count). The highest BCUT2D eigenvalue weighted by Crippen LogP contribution is 2.24. The van der Waals surface area contributed by atoms with Gasteiger partial charge in [-0.2, -0.15) is 5.10 Å².